The van der Waals surface area contributed by atoms with Crippen LogP contribution in [-0.2, 0) is 9.47 Å². The first-order chi connectivity index (χ1) is 7.67. The number of ether oxygens (including phenoxy) is 2. The van der Waals surface area contributed by atoms with Gasteiger partial charge in [0.25, 0.3) is 0 Å². The molecule has 0 bridgehead atoms. The standard InChI is InChI=1S/C12H21NO4/c1-11(2,3)17-10(15)13-9(8-14)6-7-16-12(13,4)5/h6-7,9,14H,8H2,1-5H3. The van der Waals surface area contributed by atoms with E-state index in [0.717, 1.165) is 0 Å². The number of aliphatic hydroxyl groups excluding tert-OH is 1. The third-order valence-corrected chi connectivity index (χ3v) is 2.35. The van der Waals surface area contributed by atoms with Crippen LogP contribution in [-0.4, -0.2) is 40.1 Å². The van der Waals surface area contributed by atoms with Crippen molar-refractivity contribution in [3.8, 4) is 0 Å². The summed E-state index contributed by atoms with van der Waals surface area (Å²) in [5.74, 6) is 0. The predicted octanol–water partition coefficient (Wildman–Crippen LogP) is 1.86. The van der Waals surface area contributed by atoms with Crippen molar-refractivity contribution in [1.82, 2.24) is 4.90 Å². The molecule has 0 saturated carbocycles. The molecule has 0 aromatic heterocycles. The van der Waals surface area contributed by atoms with Gasteiger partial charge in [-0.2, -0.15) is 0 Å². The van der Waals surface area contributed by atoms with Crippen molar-refractivity contribution in [3.05, 3.63) is 12.3 Å². The molecule has 0 spiro atoms. The summed E-state index contributed by atoms with van der Waals surface area (Å²) in [5, 5.41) is 9.28. The lowest BCUT2D eigenvalue weighted by Gasteiger charge is -2.43. The Balaban J connectivity index is 2.91. The second-order valence-corrected chi connectivity index (χ2v) is 5.49. The van der Waals surface area contributed by atoms with Crippen LogP contribution in [0.2, 0.25) is 0 Å². The number of carbonyl (C=O) groups is 1. The fourth-order valence-corrected chi connectivity index (χ4v) is 1.65. The SMILES string of the molecule is CC(C)(C)OC(=O)N1C(CO)C=COC1(C)C. The summed E-state index contributed by atoms with van der Waals surface area (Å²) in [4.78, 5) is 13.5. The van der Waals surface area contributed by atoms with E-state index in [1.807, 2.05) is 0 Å². The summed E-state index contributed by atoms with van der Waals surface area (Å²) in [6, 6.07) is -0.423. The molecule has 0 radical (unpaired) electrons. The molecule has 1 unspecified atom stereocenters. The molecule has 5 heteroatoms. The minimum Gasteiger partial charge on any atom is -0.476 e. The van der Waals surface area contributed by atoms with Crippen LogP contribution in [0.5, 0.6) is 0 Å². The fourth-order valence-electron chi connectivity index (χ4n) is 1.65. The van der Waals surface area contributed by atoms with Gasteiger partial charge in [-0.15, -0.1) is 0 Å². The van der Waals surface area contributed by atoms with Gasteiger partial charge in [-0.05, 0) is 40.7 Å². The van der Waals surface area contributed by atoms with Gasteiger partial charge in [-0.25, -0.2) is 4.79 Å². The normalized spacial score (nSPS) is 23.2. The van der Waals surface area contributed by atoms with Gasteiger partial charge in [0.15, 0.2) is 5.72 Å². The molecule has 1 N–H and O–H groups in total. The topological polar surface area (TPSA) is 59.0 Å². The van der Waals surface area contributed by atoms with Crippen LogP contribution in [0.1, 0.15) is 34.6 Å². The highest BCUT2D eigenvalue weighted by molar-refractivity contribution is 5.70. The molecule has 5 nitrogen and oxygen atoms in total. The van der Waals surface area contributed by atoms with Gasteiger partial charge >= 0.3 is 6.09 Å². The maximum absolute atomic E-state index is 12.1. The molecule has 1 heterocycles. The highest BCUT2D eigenvalue weighted by Crippen LogP contribution is 2.27. The third kappa shape index (κ3) is 3.36. The average Bonchev–Trinajstić information content (AvgIpc) is 2.12. The van der Waals surface area contributed by atoms with E-state index in [2.05, 4.69) is 0 Å². The van der Waals surface area contributed by atoms with Gasteiger partial charge < -0.3 is 14.6 Å². The lowest BCUT2D eigenvalue weighted by atomic mass is 10.1. The van der Waals surface area contributed by atoms with Crippen molar-refractivity contribution in [2.45, 2.75) is 52.0 Å². The Kier molecular flexibility index (Phi) is 3.71. The van der Waals surface area contributed by atoms with Crippen LogP contribution in [0, 0.1) is 0 Å². The van der Waals surface area contributed by atoms with Crippen molar-refractivity contribution < 1.29 is 19.4 Å². The van der Waals surface area contributed by atoms with Crippen molar-refractivity contribution in [2.75, 3.05) is 6.61 Å². The van der Waals surface area contributed by atoms with Crippen molar-refractivity contribution >= 4 is 6.09 Å². The van der Waals surface area contributed by atoms with E-state index in [4.69, 9.17) is 9.47 Å². The third-order valence-electron chi connectivity index (χ3n) is 2.35. The fraction of sp³-hybridized carbons (Fsp3) is 0.750. The van der Waals surface area contributed by atoms with Gasteiger partial charge in [0.1, 0.15) is 5.60 Å². The first-order valence-corrected chi connectivity index (χ1v) is 5.65. The molecule has 1 rings (SSSR count). The van der Waals surface area contributed by atoms with E-state index in [0.29, 0.717) is 0 Å². The van der Waals surface area contributed by atoms with Gasteiger partial charge in [0.05, 0.1) is 18.9 Å². The minimum absolute atomic E-state index is 0.164. The van der Waals surface area contributed by atoms with Gasteiger partial charge in [0, 0.05) is 0 Å². The predicted molar refractivity (Wildman–Crippen MR) is 63.3 cm³/mol. The van der Waals surface area contributed by atoms with Gasteiger partial charge in [-0.3, -0.25) is 4.90 Å². The molecule has 1 aliphatic heterocycles. The van der Waals surface area contributed by atoms with E-state index >= 15 is 0 Å². The Bertz CT molecular complexity index is 317. The molecule has 0 aliphatic carbocycles. The number of hydrogen-bond donors (Lipinski definition) is 1. The highest BCUT2D eigenvalue weighted by Gasteiger charge is 2.41. The lowest BCUT2D eigenvalue weighted by Crippen LogP contribution is -2.57. The van der Waals surface area contributed by atoms with E-state index in [-0.39, 0.29) is 6.61 Å². The Morgan fingerprint density at radius 2 is 2.12 bits per heavy atom. The smallest absolute Gasteiger partial charge is 0.413 e. The summed E-state index contributed by atoms with van der Waals surface area (Å²) < 4.78 is 10.7. The summed E-state index contributed by atoms with van der Waals surface area (Å²) in [6.45, 7) is 8.74. The Labute approximate surface area is 102 Å². The van der Waals surface area contributed by atoms with Crippen molar-refractivity contribution in [1.29, 1.82) is 0 Å². The van der Waals surface area contributed by atoms with E-state index in [9.17, 15) is 9.90 Å². The molecule has 98 valence electrons. The molecule has 0 saturated heterocycles. The molecule has 0 aromatic rings. The summed E-state index contributed by atoms with van der Waals surface area (Å²) in [7, 11) is 0. The number of hydrogen-bond acceptors (Lipinski definition) is 4. The first-order valence-electron chi connectivity index (χ1n) is 5.65. The first kappa shape index (κ1) is 13.8. The molecule has 1 amide bonds. The molecular weight excluding hydrogens is 222 g/mol. The quantitative estimate of drug-likeness (QED) is 0.763. The van der Waals surface area contributed by atoms with Crippen LogP contribution in [0.15, 0.2) is 12.3 Å². The maximum atomic E-state index is 12.1. The second kappa shape index (κ2) is 4.56. The number of nitrogens with zero attached hydrogens (tertiary/aromatic N) is 1. The Hall–Kier alpha value is -1.23. The maximum Gasteiger partial charge on any atom is 0.413 e. The molecule has 0 aromatic carbocycles. The number of rotatable bonds is 1. The molecule has 0 fully saturated rings. The van der Waals surface area contributed by atoms with Crippen LogP contribution in [0.25, 0.3) is 0 Å². The van der Waals surface area contributed by atoms with Crippen molar-refractivity contribution in [3.63, 3.8) is 0 Å². The number of amides is 1. The minimum atomic E-state index is -0.829. The Morgan fingerprint density at radius 3 is 2.59 bits per heavy atom. The van der Waals surface area contributed by atoms with Crippen LogP contribution in [0.3, 0.4) is 0 Å². The van der Waals surface area contributed by atoms with Crippen LogP contribution < -0.4 is 0 Å². The monoisotopic (exact) mass is 243 g/mol. The largest absolute Gasteiger partial charge is 0.476 e. The van der Waals surface area contributed by atoms with Crippen molar-refractivity contribution in [2.24, 2.45) is 0 Å². The average molecular weight is 243 g/mol. The lowest BCUT2D eigenvalue weighted by molar-refractivity contribution is -0.117. The summed E-state index contributed by atoms with van der Waals surface area (Å²) in [5.41, 5.74) is -1.40. The van der Waals surface area contributed by atoms with Gasteiger partial charge in [0.2, 0.25) is 0 Å². The zero-order chi connectivity index (χ0) is 13.3. The van der Waals surface area contributed by atoms with E-state index in [1.54, 1.807) is 40.7 Å². The number of carbonyl (C=O) groups excluding carboxylic acids is 1. The summed E-state index contributed by atoms with van der Waals surface area (Å²) >= 11 is 0. The molecule has 1 aliphatic rings. The Morgan fingerprint density at radius 1 is 1.53 bits per heavy atom. The summed E-state index contributed by atoms with van der Waals surface area (Å²) in [6.07, 6.45) is 2.64. The number of aliphatic hydroxyl groups is 1. The van der Waals surface area contributed by atoms with E-state index in [1.165, 1.54) is 11.2 Å². The van der Waals surface area contributed by atoms with E-state index < -0.39 is 23.5 Å². The van der Waals surface area contributed by atoms with Crippen LogP contribution in [0.4, 0.5) is 4.79 Å². The zero-order valence-corrected chi connectivity index (χ0v) is 11.1. The molecule has 1 atom stereocenters. The molecular formula is C12H21NO4. The highest BCUT2D eigenvalue weighted by atomic mass is 16.6. The van der Waals surface area contributed by atoms with Crippen LogP contribution >= 0.6 is 0 Å². The second-order valence-electron chi connectivity index (χ2n) is 5.49. The van der Waals surface area contributed by atoms with Gasteiger partial charge in [-0.1, -0.05) is 0 Å². The molecule has 17 heavy (non-hydrogen) atoms. The zero-order valence-electron chi connectivity index (χ0n) is 11.1.